The Morgan fingerprint density at radius 3 is 2.00 bits per heavy atom. The highest BCUT2D eigenvalue weighted by atomic mass is 16.5. The van der Waals surface area contributed by atoms with Crippen molar-refractivity contribution in [1.29, 1.82) is 5.26 Å². The molecule has 3 nitrogen and oxygen atoms in total. The van der Waals surface area contributed by atoms with Gasteiger partial charge in [-0.15, -0.1) is 0 Å². The van der Waals surface area contributed by atoms with Gasteiger partial charge in [0.15, 0.2) is 0 Å². The third kappa shape index (κ3) is 0.506. The molecule has 4 aliphatic heterocycles. The molecule has 3 heteroatoms. The lowest BCUT2D eigenvalue weighted by Crippen LogP contribution is -2.43. The summed E-state index contributed by atoms with van der Waals surface area (Å²) in [5.41, 5.74) is -0.432. The Labute approximate surface area is 81.6 Å². The van der Waals surface area contributed by atoms with Gasteiger partial charge in [0, 0.05) is 5.92 Å². The van der Waals surface area contributed by atoms with Crippen LogP contribution in [0.2, 0.25) is 0 Å². The van der Waals surface area contributed by atoms with E-state index in [1.807, 2.05) is 12.2 Å². The Hall–Kier alpha value is -1.11. The van der Waals surface area contributed by atoms with Gasteiger partial charge in [0.2, 0.25) is 0 Å². The molecule has 0 aromatic carbocycles. The highest BCUT2D eigenvalue weighted by Crippen LogP contribution is 2.60. The van der Waals surface area contributed by atoms with Crippen LogP contribution in [0.15, 0.2) is 24.3 Å². The van der Waals surface area contributed by atoms with E-state index in [2.05, 4.69) is 18.2 Å². The second kappa shape index (κ2) is 1.95. The number of ether oxygens (including phenoxy) is 2. The van der Waals surface area contributed by atoms with Crippen LogP contribution in [0.1, 0.15) is 0 Å². The first-order valence-electron chi connectivity index (χ1n) is 4.95. The van der Waals surface area contributed by atoms with E-state index < -0.39 is 5.41 Å². The van der Waals surface area contributed by atoms with E-state index in [4.69, 9.17) is 9.47 Å². The van der Waals surface area contributed by atoms with Gasteiger partial charge in [-0.05, 0) is 0 Å². The molecular weight excluding hydrogens is 178 g/mol. The predicted molar refractivity (Wildman–Crippen MR) is 47.1 cm³/mol. The van der Waals surface area contributed by atoms with Gasteiger partial charge in [0.05, 0.1) is 30.5 Å². The molecule has 4 rings (SSSR count). The maximum absolute atomic E-state index is 9.39. The van der Waals surface area contributed by atoms with E-state index in [9.17, 15) is 5.26 Å². The number of nitriles is 1. The zero-order chi connectivity index (χ0) is 9.34. The Morgan fingerprint density at radius 1 is 1.00 bits per heavy atom. The van der Waals surface area contributed by atoms with Crippen molar-refractivity contribution in [2.45, 2.75) is 24.4 Å². The summed E-state index contributed by atoms with van der Waals surface area (Å²) in [6, 6.07) is 2.45. The summed E-state index contributed by atoms with van der Waals surface area (Å²) in [5, 5.41) is 9.39. The molecule has 4 heterocycles. The molecule has 2 unspecified atom stereocenters. The second-order valence-corrected chi connectivity index (χ2v) is 4.38. The molecule has 0 spiro atoms. The molecule has 0 aromatic rings. The molecular formula is C11H9NO2. The van der Waals surface area contributed by atoms with Crippen LogP contribution in [0.4, 0.5) is 0 Å². The van der Waals surface area contributed by atoms with E-state index in [1.54, 1.807) is 0 Å². The topological polar surface area (TPSA) is 42.2 Å². The molecule has 2 saturated heterocycles. The van der Waals surface area contributed by atoms with Gasteiger partial charge in [-0.3, -0.25) is 0 Å². The number of hydrogen-bond donors (Lipinski definition) is 0. The van der Waals surface area contributed by atoms with Crippen LogP contribution < -0.4 is 0 Å². The van der Waals surface area contributed by atoms with Crippen LogP contribution in [0.3, 0.4) is 0 Å². The molecule has 0 N–H and O–H groups in total. The molecule has 0 amide bonds. The first kappa shape index (κ1) is 7.22. The van der Waals surface area contributed by atoms with Gasteiger partial charge in [-0.25, -0.2) is 0 Å². The van der Waals surface area contributed by atoms with Crippen LogP contribution in [-0.4, -0.2) is 24.4 Å². The number of hydrogen-bond acceptors (Lipinski definition) is 3. The standard InChI is InChI=1S/C11H9NO2/c12-5-11-8-3-1-6(13-8)10(11)7-2-4-9(11)14-7/h1-4,6-10H/t6-,7+,8+,9-,10?,11?. The van der Waals surface area contributed by atoms with Crippen molar-refractivity contribution in [3.05, 3.63) is 24.3 Å². The molecule has 70 valence electrons. The van der Waals surface area contributed by atoms with Crippen molar-refractivity contribution < 1.29 is 9.47 Å². The van der Waals surface area contributed by atoms with Crippen molar-refractivity contribution in [3.63, 3.8) is 0 Å². The minimum absolute atomic E-state index is 0.0533. The lowest BCUT2D eigenvalue weighted by atomic mass is 9.64. The average molecular weight is 187 g/mol. The average Bonchev–Trinajstić information content (AvgIpc) is 2.95. The molecule has 0 aliphatic carbocycles. The van der Waals surface area contributed by atoms with Crippen LogP contribution in [0, 0.1) is 22.7 Å². The number of rotatable bonds is 0. The third-order valence-electron chi connectivity index (χ3n) is 3.95. The minimum atomic E-state index is -0.432. The highest BCUT2D eigenvalue weighted by Gasteiger charge is 2.70. The fourth-order valence-electron chi connectivity index (χ4n) is 3.37. The first-order valence-corrected chi connectivity index (χ1v) is 4.95. The van der Waals surface area contributed by atoms with E-state index in [-0.39, 0.29) is 30.3 Å². The zero-order valence-electron chi connectivity index (χ0n) is 7.46. The van der Waals surface area contributed by atoms with E-state index in [0.717, 1.165) is 0 Å². The monoisotopic (exact) mass is 187 g/mol. The van der Waals surface area contributed by atoms with E-state index in [0.29, 0.717) is 0 Å². The molecule has 4 aliphatic rings. The van der Waals surface area contributed by atoms with Gasteiger partial charge in [0.1, 0.15) is 5.41 Å². The maximum atomic E-state index is 9.39. The highest BCUT2D eigenvalue weighted by molar-refractivity contribution is 5.38. The molecule has 4 bridgehead atoms. The van der Waals surface area contributed by atoms with Crippen molar-refractivity contribution in [1.82, 2.24) is 0 Å². The third-order valence-corrected chi connectivity index (χ3v) is 3.95. The molecule has 6 atom stereocenters. The smallest absolute Gasteiger partial charge is 0.125 e. The van der Waals surface area contributed by atoms with E-state index >= 15 is 0 Å². The Morgan fingerprint density at radius 2 is 1.57 bits per heavy atom. The molecule has 14 heavy (non-hydrogen) atoms. The molecule has 0 aromatic heterocycles. The van der Waals surface area contributed by atoms with Gasteiger partial charge in [-0.1, -0.05) is 24.3 Å². The quantitative estimate of drug-likeness (QED) is 0.526. The number of fused-ring (bicyclic) bond motifs is 9. The number of nitrogens with zero attached hydrogens (tertiary/aromatic N) is 1. The summed E-state index contributed by atoms with van der Waals surface area (Å²) >= 11 is 0. The van der Waals surface area contributed by atoms with Gasteiger partial charge < -0.3 is 9.47 Å². The van der Waals surface area contributed by atoms with Gasteiger partial charge >= 0.3 is 0 Å². The fourth-order valence-corrected chi connectivity index (χ4v) is 3.37. The van der Waals surface area contributed by atoms with Crippen molar-refractivity contribution in [3.8, 4) is 6.07 Å². The van der Waals surface area contributed by atoms with Crippen LogP contribution in [0.5, 0.6) is 0 Å². The van der Waals surface area contributed by atoms with Gasteiger partial charge in [-0.2, -0.15) is 5.26 Å². The van der Waals surface area contributed by atoms with Crippen molar-refractivity contribution >= 4 is 0 Å². The Balaban J connectivity index is 1.96. The fraction of sp³-hybridized carbons (Fsp3) is 0.545. The lowest BCUT2D eigenvalue weighted by Gasteiger charge is -2.31. The van der Waals surface area contributed by atoms with E-state index in [1.165, 1.54) is 0 Å². The lowest BCUT2D eigenvalue weighted by molar-refractivity contribution is 0.0133. The molecule has 0 radical (unpaired) electrons. The zero-order valence-corrected chi connectivity index (χ0v) is 7.46. The Bertz CT molecular complexity index is 378. The summed E-state index contributed by atoms with van der Waals surface area (Å²) in [5.74, 6) is 0.220. The summed E-state index contributed by atoms with van der Waals surface area (Å²) in [4.78, 5) is 0. The minimum Gasteiger partial charge on any atom is -0.365 e. The normalized spacial score (nSPS) is 60.6. The SMILES string of the molecule is N#CC12C([C@@H]3C=C[C@H]1O3)[C@H]1C=C[C@@H]2O1. The molecule has 0 saturated carbocycles. The van der Waals surface area contributed by atoms with Crippen LogP contribution in [-0.2, 0) is 9.47 Å². The maximum Gasteiger partial charge on any atom is 0.125 e. The largest absolute Gasteiger partial charge is 0.365 e. The van der Waals surface area contributed by atoms with Crippen molar-refractivity contribution in [2.24, 2.45) is 11.3 Å². The van der Waals surface area contributed by atoms with Crippen LogP contribution in [0.25, 0.3) is 0 Å². The summed E-state index contributed by atoms with van der Waals surface area (Å²) in [7, 11) is 0. The summed E-state index contributed by atoms with van der Waals surface area (Å²) < 4.78 is 11.5. The second-order valence-electron chi connectivity index (χ2n) is 4.38. The first-order chi connectivity index (χ1) is 6.86. The van der Waals surface area contributed by atoms with Gasteiger partial charge in [0.25, 0.3) is 0 Å². The Kier molecular flexibility index (Phi) is 1.01. The summed E-state index contributed by atoms with van der Waals surface area (Å²) in [6.07, 6.45) is 8.26. The summed E-state index contributed by atoms with van der Waals surface area (Å²) in [6.45, 7) is 0. The van der Waals surface area contributed by atoms with Crippen molar-refractivity contribution in [2.75, 3.05) is 0 Å². The predicted octanol–water partition coefficient (Wildman–Crippen LogP) is 0.787. The van der Waals surface area contributed by atoms with Crippen LogP contribution >= 0.6 is 0 Å². The molecule has 2 fully saturated rings.